The Morgan fingerprint density at radius 2 is 2.17 bits per heavy atom. The number of hydrogen-bond donors (Lipinski definition) is 1. The molecule has 0 saturated carbocycles. The van der Waals surface area contributed by atoms with Crippen LogP contribution in [0.2, 0.25) is 0 Å². The normalized spacial score (nSPS) is 27.0. The van der Waals surface area contributed by atoms with Crippen LogP contribution in [0.15, 0.2) is 24.3 Å². The summed E-state index contributed by atoms with van der Waals surface area (Å²) in [5, 5.41) is 3.48. The minimum Gasteiger partial charge on any atom is -0.456 e. The van der Waals surface area contributed by atoms with Crippen LogP contribution < -0.4 is 5.32 Å². The second-order valence-corrected chi connectivity index (χ2v) is 7.23. The quantitative estimate of drug-likeness (QED) is 0.865. The van der Waals surface area contributed by atoms with Gasteiger partial charge in [0.15, 0.2) is 6.29 Å². The van der Waals surface area contributed by atoms with Crippen molar-refractivity contribution in [2.45, 2.75) is 64.2 Å². The third-order valence-electron chi connectivity index (χ3n) is 4.03. The fraction of sp³-hybridized carbons (Fsp3) is 0.611. The number of esters is 1. The zero-order chi connectivity index (χ0) is 16.4. The van der Waals surface area contributed by atoms with Gasteiger partial charge in [-0.3, -0.25) is 0 Å². The summed E-state index contributed by atoms with van der Waals surface area (Å²) < 4.78 is 16.8. The molecule has 2 fully saturated rings. The lowest BCUT2D eigenvalue weighted by molar-refractivity contribution is -0.103. The number of nitrogens with one attached hydrogen (secondary N) is 1. The Kier molecular flexibility index (Phi) is 4.71. The highest BCUT2D eigenvalue weighted by Gasteiger charge is 2.37. The van der Waals surface area contributed by atoms with E-state index in [-0.39, 0.29) is 24.4 Å². The Bertz CT molecular complexity index is 566. The average Bonchev–Trinajstić information content (AvgIpc) is 2.87. The molecule has 3 atom stereocenters. The van der Waals surface area contributed by atoms with E-state index in [0.29, 0.717) is 18.7 Å². The summed E-state index contributed by atoms with van der Waals surface area (Å²) in [6.45, 7) is 6.99. The number of rotatable bonds is 4. The van der Waals surface area contributed by atoms with Gasteiger partial charge in [-0.2, -0.15) is 0 Å². The molecule has 1 aromatic carbocycles. The molecule has 2 saturated heterocycles. The molecule has 1 unspecified atom stereocenters. The molecule has 2 aliphatic rings. The molecule has 0 amide bonds. The van der Waals surface area contributed by atoms with Gasteiger partial charge in [-0.05, 0) is 51.3 Å². The molecule has 126 valence electrons. The maximum absolute atomic E-state index is 12.1. The van der Waals surface area contributed by atoms with E-state index in [1.807, 2.05) is 39.0 Å². The molecular formula is C18H25NO4. The zero-order valence-electron chi connectivity index (χ0n) is 14.0. The van der Waals surface area contributed by atoms with Gasteiger partial charge in [-0.25, -0.2) is 4.79 Å². The number of hydrogen-bond acceptors (Lipinski definition) is 5. The second-order valence-electron chi connectivity index (χ2n) is 7.23. The van der Waals surface area contributed by atoms with Crippen LogP contribution in [0.5, 0.6) is 0 Å². The highest BCUT2D eigenvalue weighted by molar-refractivity contribution is 5.89. The first-order valence-electron chi connectivity index (χ1n) is 8.23. The third kappa shape index (κ3) is 4.31. The third-order valence-corrected chi connectivity index (χ3v) is 4.03. The molecule has 0 aromatic heterocycles. The van der Waals surface area contributed by atoms with Gasteiger partial charge < -0.3 is 19.5 Å². The van der Waals surface area contributed by atoms with Gasteiger partial charge in [0.1, 0.15) is 5.60 Å². The first-order valence-corrected chi connectivity index (χ1v) is 8.23. The monoisotopic (exact) mass is 319 g/mol. The van der Waals surface area contributed by atoms with Crippen molar-refractivity contribution >= 4 is 5.97 Å². The minimum absolute atomic E-state index is 0.136. The Hall–Kier alpha value is -1.43. The van der Waals surface area contributed by atoms with Gasteiger partial charge in [0.25, 0.3) is 0 Å². The van der Waals surface area contributed by atoms with Gasteiger partial charge in [-0.1, -0.05) is 12.1 Å². The molecule has 2 bridgehead atoms. The van der Waals surface area contributed by atoms with E-state index in [9.17, 15) is 4.79 Å². The number of benzene rings is 1. The fourth-order valence-electron chi connectivity index (χ4n) is 2.93. The first kappa shape index (κ1) is 16.4. The van der Waals surface area contributed by atoms with Crippen molar-refractivity contribution in [1.29, 1.82) is 0 Å². The van der Waals surface area contributed by atoms with Crippen molar-refractivity contribution < 1.29 is 19.0 Å². The fourth-order valence-corrected chi connectivity index (χ4v) is 2.93. The molecule has 5 heteroatoms. The van der Waals surface area contributed by atoms with Crippen molar-refractivity contribution in [3.8, 4) is 0 Å². The number of fused-ring (bicyclic) bond motifs is 2. The maximum Gasteiger partial charge on any atom is 0.338 e. The van der Waals surface area contributed by atoms with Crippen LogP contribution in [-0.2, 0) is 20.8 Å². The molecule has 0 spiro atoms. The van der Waals surface area contributed by atoms with Crippen LogP contribution in [0.25, 0.3) is 0 Å². The Morgan fingerprint density at radius 3 is 2.96 bits per heavy atom. The molecule has 23 heavy (non-hydrogen) atoms. The summed E-state index contributed by atoms with van der Waals surface area (Å²) in [6.07, 6.45) is 2.23. The minimum atomic E-state index is -0.485. The first-order chi connectivity index (χ1) is 10.9. The predicted octanol–water partition coefficient (Wildman–Crippen LogP) is 2.64. The van der Waals surface area contributed by atoms with E-state index in [2.05, 4.69) is 5.32 Å². The molecule has 2 heterocycles. The van der Waals surface area contributed by atoms with E-state index in [1.165, 1.54) is 0 Å². The summed E-state index contributed by atoms with van der Waals surface area (Å²) in [5.74, 6) is -0.290. The lowest BCUT2D eigenvalue weighted by Crippen LogP contribution is -2.43. The summed E-state index contributed by atoms with van der Waals surface area (Å²) >= 11 is 0. The van der Waals surface area contributed by atoms with E-state index in [1.54, 1.807) is 6.07 Å². The highest BCUT2D eigenvalue weighted by Crippen LogP contribution is 2.27. The lowest BCUT2D eigenvalue weighted by atomic mass is 10.0. The molecule has 0 aliphatic carbocycles. The highest BCUT2D eigenvalue weighted by atomic mass is 16.7. The molecule has 0 radical (unpaired) electrons. The topological polar surface area (TPSA) is 56.8 Å². The Morgan fingerprint density at radius 1 is 1.35 bits per heavy atom. The molecule has 5 nitrogen and oxygen atoms in total. The molecule has 1 N–H and O–H groups in total. The van der Waals surface area contributed by atoms with Crippen LogP contribution in [0.4, 0.5) is 0 Å². The molecule has 1 aromatic rings. The van der Waals surface area contributed by atoms with E-state index < -0.39 is 5.60 Å². The standard InChI is InChI=1S/C18H25NO4/c1-18(2,3)23-16(20)13-6-4-5-12(9-13)10-19-15-8-7-14-11-21-17(15)22-14/h4-6,9,14-15,17,19H,7-8,10-11H2,1-3H3/t14-,15?,17+/m0/s1. The van der Waals surface area contributed by atoms with Crippen molar-refractivity contribution in [1.82, 2.24) is 5.32 Å². The van der Waals surface area contributed by atoms with Gasteiger partial charge >= 0.3 is 5.97 Å². The van der Waals surface area contributed by atoms with E-state index in [0.717, 1.165) is 18.4 Å². The number of carbonyl (C=O) groups is 1. The van der Waals surface area contributed by atoms with Crippen molar-refractivity contribution in [2.75, 3.05) is 6.61 Å². The van der Waals surface area contributed by atoms with E-state index in [4.69, 9.17) is 14.2 Å². The Labute approximate surface area is 137 Å². The SMILES string of the molecule is CC(C)(C)OC(=O)c1cccc(CNC2CC[C@H]3CO[C@@H]2O3)c1. The molecular weight excluding hydrogens is 294 g/mol. The second kappa shape index (κ2) is 6.59. The van der Waals surface area contributed by atoms with Crippen molar-refractivity contribution in [3.05, 3.63) is 35.4 Å². The summed E-state index contributed by atoms with van der Waals surface area (Å²) in [7, 11) is 0. The number of carbonyl (C=O) groups excluding carboxylic acids is 1. The number of ether oxygens (including phenoxy) is 3. The van der Waals surface area contributed by atoms with Crippen LogP contribution in [0.1, 0.15) is 49.5 Å². The van der Waals surface area contributed by atoms with Gasteiger partial charge in [0, 0.05) is 6.54 Å². The van der Waals surface area contributed by atoms with Crippen LogP contribution in [0.3, 0.4) is 0 Å². The largest absolute Gasteiger partial charge is 0.456 e. The van der Waals surface area contributed by atoms with Gasteiger partial charge in [-0.15, -0.1) is 0 Å². The van der Waals surface area contributed by atoms with Gasteiger partial charge in [0.2, 0.25) is 0 Å². The maximum atomic E-state index is 12.1. The average molecular weight is 319 g/mol. The van der Waals surface area contributed by atoms with Crippen molar-refractivity contribution in [3.63, 3.8) is 0 Å². The van der Waals surface area contributed by atoms with Crippen LogP contribution in [-0.4, -0.2) is 36.6 Å². The predicted molar refractivity (Wildman–Crippen MR) is 86.1 cm³/mol. The summed E-state index contributed by atoms with van der Waals surface area (Å²) in [4.78, 5) is 12.1. The lowest BCUT2D eigenvalue weighted by Gasteiger charge is -2.28. The summed E-state index contributed by atoms with van der Waals surface area (Å²) in [6, 6.07) is 7.76. The zero-order valence-corrected chi connectivity index (χ0v) is 14.0. The Balaban J connectivity index is 1.58. The smallest absolute Gasteiger partial charge is 0.338 e. The van der Waals surface area contributed by atoms with Crippen LogP contribution in [0, 0.1) is 0 Å². The molecule has 2 aliphatic heterocycles. The van der Waals surface area contributed by atoms with E-state index >= 15 is 0 Å². The van der Waals surface area contributed by atoms with Crippen LogP contribution >= 0.6 is 0 Å². The summed E-state index contributed by atoms with van der Waals surface area (Å²) in [5.41, 5.74) is 1.14. The van der Waals surface area contributed by atoms with Gasteiger partial charge in [0.05, 0.1) is 24.3 Å². The van der Waals surface area contributed by atoms with Crippen molar-refractivity contribution in [2.24, 2.45) is 0 Å². The molecule has 3 rings (SSSR count).